The molecule has 0 aromatic carbocycles. The normalized spacial score (nSPS) is 28.8. The van der Waals surface area contributed by atoms with E-state index in [1.54, 1.807) is 0 Å². The Labute approximate surface area is 111 Å². The van der Waals surface area contributed by atoms with Crippen molar-refractivity contribution in [2.24, 2.45) is 11.8 Å². The fourth-order valence-electron chi connectivity index (χ4n) is 3.21. The summed E-state index contributed by atoms with van der Waals surface area (Å²) in [4.78, 5) is 14.3. The van der Waals surface area contributed by atoms with E-state index >= 15 is 0 Å². The van der Waals surface area contributed by atoms with Crippen LogP contribution in [0.3, 0.4) is 0 Å². The number of carbonyl (C=O) groups excluding carboxylic acids is 1. The first kappa shape index (κ1) is 13.9. The minimum absolute atomic E-state index is 0.313. The van der Waals surface area contributed by atoms with Gasteiger partial charge in [-0.3, -0.25) is 4.79 Å². The molecule has 2 fully saturated rings. The molecule has 0 spiro atoms. The van der Waals surface area contributed by atoms with Crippen LogP contribution in [0, 0.1) is 11.8 Å². The van der Waals surface area contributed by atoms with E-state index in [2.05, 4.69) is 12.2 Å². The van der Waals surface area contributed by atoms with Gasteiger partial charge in [0, 0.05) is 26.1 Å². The topological polar surface area (TPSA) is 32.3 Å². The van der Waals surface area contributed by atoms with Gasteiger partial charge in [-0.1, -0.05) is 26.2 Å². The zero-order valence-electron chi connectivity index (χ0n) is 12.0. The Kier molecular flexibility index (Phi) is 5.04. The van der Waals surface area contributed by atoms with E-state index in [1.165, 1.54) is 32.1 Å². The molecule has 1 amide bonds. The average Bonchev–Trinajstić information content (AvgIpc) is 2.34. The lowest BCUT2D eigenvalue weighted by molar-refractivity contribution is -0.138. The number of amides is 1. The predicted molar refractivity (Wildman–Crippen MR) is 74.4 cm³/mol. The van der Waals surface area contributed by atoms with Crippen LogP contribution in [0.4, 0.5) is 0 Å². The van der Waals surface area contributed by atoms with Gasteiger partial charge in [-0.25, -0.2) is 0 Å². The van der Waals surface area contributed by atoms with E-state index < -0.39 is 0 Å². The Morgan fingerprint density at radius 1 is 1.22 bits per heavy atom. The van der Waals surface area contributed by atoms with Crippen LogP contribution in [0.5, 0.6) is 0 Å². The molecule has 1 heterocycles. The first-order chi connectivity index (χ1) is 8.72. The van der Waals surface area contributed by atoms with Crippen LogP contribution in [0.25, 0.3) is 0 Å². The summed E-state index contributed by atoms with van der Waals surface area (Å²) in [5.74, 6) is 1.61. The Bertz CT molecular complexity index is 268. The molecule has 0 unspecified atom stereocenters. The van der Waals surface area contributed by atoms with Gasteiger partial charge in [-0.2, -0.15) is 0 Å². The number of carbonyl (C=O) groups is 1. The highest BCUT2D eigenvalue weighted by Gasteiger charge is 2.32. The van der Waals surface area contributed by atoms with Gasteiger partial charge in [0.25, 0.3) is 0 Å². The molecule has 1 saturated heterocycles. The molecule has 3 heteroatoms. The average molecular weight is 252 g/mol. The maximum absolute atomic E-state index is 12.4. The third kappa shape index (κ3) is 3.25. The fourth-order valence-corrected chi connectivity index (χ4v) is 3.21. The summed E-state index contributed by atoms with van der Waals surface area (Å²) in [5.41, 5.74) is 0. The van der Waals surface area contributed by atoms with Crippen LogP contribution < -0.4 is 5.32 Å². The molecule has 0 aromatic rings. The summed E-state index contributed by atoms with van der Waals surface area (Å²) in [5, 5.41) is 3.24. The molecule has 1 aliphatic carbocycles. The van der Waals surface area contributed by atoms with Crippen molar-refractivity contribution in [3.63, 3.8) is 0 Å². The van der Waals surface area contributed by atoms with Gasteiger partial charge < -0.3 is 10.2 Å². The number of likely N-dealkylation sites (N-methyl/N-ethyl adjacent to an activating group) is 1. The first-order valence-electron chi connectivity index (χ1n) is 7.69. The summed E-state index contributed by atoms with van der Waals surface area (Å²) < 4.78 is 0. The molecule has 2 aliphatic rings. The Morgan fingerprint density at radius 2 is 1.89 bits per heavy atom. The lowest BCUT2D eigenvalue weighted by Crippen LogP contribution is -2.58. The second kappa shape index (κ2) is 6.55. The molecule has 18 heavy (non-hydrogen) atoms. The summed E-state index contributed by atoms with van der Waals surface area (Å²) >= 11 is 0. The third-order valence-corrected chi connectivity index (χ3v) is 4.82. The second-order valence-corrected chi connectivity index (χ2v) is 6.12. The molecule has 1 saturated carbocycles. The standard InChI is InChI=1S/C15H28N2O/c1-3-4-5-12-6-8-13(9-7-12)15(18)17(2)14-10-16-11-14/h12-14,16H,3-11H2,1-2H3. The van der Waals surface area contributed by atoms with Crippen LogP contribution in [-0.2, 0) is 4.79 Å². The summed E-state index contributed by atoms with van der Waals surface area (Å²) in [6, 6.07) is 0.454. The van der Waals surface area contributed by atoms with Crippen LogP contribution in [-0.4, -0.2) is 37.0 Å². The van der Waals surface area contributed by atoms with Gasteiger partial charge in [-0.15, -0.1) is 0 Å². The molecule has 104 valence electrons. The Morgan fingerprint density at radius 3 is 2.39 bits per heavy atom. The zero-order chi connectivity index (χ0) is 13.0. The maximum Gasteiger partial charge on any atom is 0.225 e. The van der Waals surface area contributed by atoms with E-state index in [9.17, 15) is 4.79 Å². The van der Waals surface area contributed by atoms with Crippen LogP contribution in [0.15, 0.2) is 0 Å². The van der Waals surface area contributed by atoms with E-state index in [-0.39, 0.29) is 0 Å². The van der Waals surface area contributed by atoms with Crippen molar-refractivity contribution >= 4 is 5.91 Å². The highest BCUT2D eigenvalue weighted by Crippen LogP contribution is 2.33. The first-order valence-corrected chi connectivity index (χ1v) is 7.69. The number of hydrogen-bond donors (Lipinski definition) is 1. The second-order valence-electron chi connectivity index (χ2n) is 6.12. The summed E-state index contributed by atoms with van der Waals surface area (Å²) in [6.07, 6.45) is 8.82. The van der Waals surface area contributed by atoms with Crippen LogP contribution in [0.2, 0.25) is 0 Å². The highest BCUT2D eigenvalue weighted by atomic mass is 16.2. The number of nitrogens with one attached hydrogen (secondary N) is 1. The monoisotopic (exact) mass is 252 g/mol. The van der Waals surface area contributed by atoms with Gasteiger partial charge >= 0.3 is 0 Å². The Balaban J connectivity index is 1.73. The zero-order valence-corrected chi connectivity index (χ0v) is 12.0. The van der Waals surface area contributed by atoms with Crippen molar-refractivity contribution in [3.8, 4) is 0 Å². The van der Waals surface area contributed by atoms with E-state index in [0.29, 0.717) is 17.9 Å². The smallest absolute Gasteiger partial charge is 0.225 e. The van der Waals surface area contributed by atoms with Crippen LogP contribution in [0.1, 0.15) is 51.9 Å². The highest BCUT2D eigenvalue weighted by molar-refractivity contribution is 5.79. The van der Waals surface area contributed by atoms with Gasteiger partial charge in [0.2, 0.25) is 5.91 Å². The van der Waals surface area contributed by atoms with Gasteiger partial charge in [0.15, 0.2) is 0 Å². The molecule has 0 aromatic heterocycles. The van der Waals surface area contributed by atoms with Gasteiger partial charge in [-0.05, 0) is 31.6 Å². The third-order valence-electron chi connectivity index (χ3n) is 4.82. The van der Waals surface area contributed by atoms with Gasteiger partial charge in [0.1, 0.15) is 0 Å². The fraction of sp³-hybridized carbons (Fsp3) is 0.933. The number of nitrogens with zero attached hydrogens (tertiary/aromatic N) is 1. The van der Waals surface area contributed by atoms with Crippen molar-refractivity contribution in [3.05, 3.63) is 0 Å². The minimum Gasteiger partial charge on any atom is -0.340 e. The molecule has 3 nitrogen and oxygen atoms in total. The van der Waals surface area contributed by atoms with E-state index in [4.69, 9.17) is 0 Å². The van der Waals surface area contributed by atoms with Gasteiger partial charge in [0.05, 0.1) is 6.04 Å². The van der Waals surface area contributed by atoms with E-state index in [0.717, 1.165) is 31.8 Å². The summed E-state index contributed by atoms with van der Waals surface area (Å²) in [7, 11) is 1.98. The lowest BCUT2D eigenvalue weighted by Gasteiger charge is -2.38. The van der Waals surface area contributed by atoms with Crippen molar-refractivity contribution in [2.45, 2.75) is 57.9 Å². The molecule has 0 bridgehead atoms. The maximum atomic E-state index is 12.4. The molecule has 0 atom stereocenters. The SMILES string of the molecule is CCCCC1CCC(C(=O)N(C)C2CNC2)CC1. The molecule has 1 aliphatic heterocycles. The molecule has 2 rings (SSSR count). The molecule has 1 N–H and O–H groups in total. The minimum atomic E-state index is 0.313. The quantitative estimate of drug-likeness (QED) is 0.815. The number of hydrogen-bond acceptors (Lipinski definition) is 2. The summed E-state index contributed by atoms with van der Waals surface area (Å²) in [6.45, 7) is 4.22. The largest absolute Gasteiger partial charge is 0.340 e. The molecular formula is C15H28N2O. The Hall–Kier alpha value is -0.570. The van der Waals surface area contributed by atoms with Crippen molar-refractivity contribution in [2.75, 3.05) is 20.1 Å². The van der Waals surface area contributed by atoms with Crippen LogP contribution >= 0.6 is 0 Å². The van der Waals surface area contributed by atoms with Crippen molar-refractivity contribution < 1.29 is 4.79 Å². The number of unbranched alkanes of at least 4 members (excludes halogenated alkanes) is 1. The predicted octanol–water partition coefficient (Wildman–Crippen LogP) is 2.41. The lowest BCUT2D eigenvalue weighted by atomic mass is 9.79. The van der Waals surface area contributed by atoms with Crippen molar-refractivity contribution in [1.82, 2.24) is 10.2 Å². The van der Waals surface area contributed by atoms with Crippen molar-refractivity contribution in [1.29, 1.82) is 0 Å². The molecule has 0 radical (unpaired) electrons. The molecular weight excluding hydrogens is 224 g/mol. The van der Waals surface area contributed by atoms with E-state index in [1.807, 2.05) is 11.9 Å². The number of rotatable bonds is 5.